The van der Waals surface area contributed by atoms with Gasteiger partial charge in [-0.25, -0.2) is 9.97 Å². The second-order valence-electron chi connectivity index (χ2n) is 7.71. The highest BCUT2D eigenvalue weighted by molar-refractivity contribution is 5.62. The van der Waals surface area contributed by atoms with E-state index < -0.39 is 0 Å². The third-order valence-corrected chi connectivity index (χ3v) is 5.58. The minimum Gasteiger partial charge on any atom is -0.351 e. The predicted molar refractivity (Wildman–Crippen MR) is 102 cm³/mol. The van der Waals surface area contributed by atoms with Gasteiger partial charge in [0.15, 0.2) is 0 Å². The summed E-state index contributed by atoms with van der Waals surface area (Å²) >= 11 is 0. The van der Waals surface area contributed by atoms with Gasteiger partial charge in [-0.1, -0.05) is 27.2 Å². The molecule has 0 radical (unpaired) electrons. The van der Waals surface area contributed by atoms with E-state index in [2.05, 4.69) is 36.2 Å². The van der Waals surface area contributed by atoms with E-state index in [1.165, 1.54) is 37.8 Å². The molecular weight excluding hydrogens is 310 g/mol. The van der Waals surface area contributed by atoms with Crippen LogP contribution in [0.25, 0.3) is 11.3 Å². The Morgan fingerprint density at radius 2 is 2.04 bits per heavy atom. The fourth-order valence-electron chi connectivity index (χ4n) is 3.56. The highest BCUT2D eigenvalue weighted by Crippen LogP contribution is 2.27. The Labute approximate surface area is 151 Å². The zero-order valence-electron chi connectivity index (χ0n) is 16.0. The fraction of sp³-hybridized carbons (Fsp3) is 0.650. The van der Waals surface area contributed by atoms with Crippen molar-refractivity contribution in [1.82, 2.24) is 19.7 Å². The van der Waals surface area contributed by atoms with Crippen LogP contribution in [0.2, 0.25) is 0 Å². The number of nitrogens with zero attached hydrogens (tertiary/aromatic N) is 4. The van der Waals surface area contributed by atoms with Crippen LogP contribution in [0.15, 0.2) is 18.5 Å². The molecule has 0 aromatic carbocycles. The largest absolute Gasteiger partial charge is 0.351 e. The summed E-state index contributed by atoms with van der Waals surface area (Å²) in [6, 6.07) is 2.49. The van der Waals surface area contributed by atoms with Gasteiger partial charge in [-0.3, -0.25) is 4.68 Å². The van der Waals surface area contributed by atoms with E-state index >= 15 is 0 Å². The zero-order valence-corrected chi connectivity index (χ0v) is 16.0. The van der Waals surface area contributed by atoms with Crippen LogP contribution in [0.3, 0.4) is 0 Å². The second-order valence-corrected chi connectivity index (χ2v) is 7.71. The SMILES string of the molecule is CCC(C)Cc1c(-c2ccnc(N[C@H]3CC[C@H](C)CC3)n2)cnn1C. The van der Waals surface area contributed by atoms with Gasteiger partial charge in [0, 0.05) is 30.5 Å². The number of aryl methyl sites for hydroxylation is 1. The Hall–Kier alpha value is -1.91. The summed E-state index contributed by atoms with van der Waals surface area (Å²) in [7, 11) is 2.02. The average molecular weight is 342 g/mol. The minimum atomic E-state index is 0.500. The molecule has 0 aliphatic heterocycles. The standard InChI is InChI=1S/C20H31N5/c1-5-14(2)12-19-17(13-22-25(19)4)18-10-11-21-20(24-18)23-16-8-6-15(3)7-9-16/h10-11,13-16H,5-9,12H2,1-4H3,(H,21,23,24)/t14?,15-,16-. The van der Waals surface area contributed by atoms with Crippen LogP contribution >= 0.6 is 0 Å². The number of aromatic nitrogens is 4. The summed E-state index contributed by atoms with van der Waals surface area (Å²) < 4.78 is 1.99. The van der Waals surface area contributed by atoms with E-state index in [-0.39, 0.29) is 0 Å². The molecular formula is C20H31N5. The predicted octanol–water partition coefficient (Wildman–Crippen LogP) is 4.46. The highest BCUT2D eigenvalue weighted by atomic mass is 15.3. The molecule has 5 nitrogen and oxygen atoms in total. The Balaban J connectivity index is 1.77. The summed E-state index contributed by atoms with van der Waals surface area (Å²) in [6.07, 6.45) is 11.0. The molecule has 1 saturated carbocycles. The van der Waals surface area contributed by atoms with E-state index in [1.54, 1.807) is 0 Å². The summed E-state index contributed by atoms with van der Waals surface area (Å²) in [5, 5.41) is 8.01. The fourth-order valence-corrected chi connectivity index (χ4v) is 3.56. The van der Waals surface area contributed by atoms with Crippen molar-refractivity contribution < 1.29 is 0 Å². The maximum Gasteiger partial charge on any atom is 0.223 e. The smallest absolute Gasteiger partial charge is 0.223 e. The molecule has 0 bridgehead atoms. The quantitative estimate of drug-likeness (QED) is 0.843. The lowest BCUT2D eigenvalue weighted by atomic mass is 9.87. The van der Waals surface area contributed by atoms with Gasteiger partial charge in [0.25, 0.3) is 0 Å². The zero-order chi connectivity index (χ0) is 17.8. The average Bonchev–Trinajstić information content (AvgIpc) is 2.98. The molecule has 2 aromatic heterocycles. The van der Waals surface area contributed by atoms with Gasteiger partial charge < -0.3 is 5.32 Å². The van der Waals surface area contributed by atoms with Crippen molar-refractivity contribution in [2.75, 3.05) is 5.32 Å². The number of rotatable bonds is 6. The number of anilines is 1. The van der Waals surface area contributed by atoms with Crippen LogP contribution in [0, 0.1) is 11.8 Å². The Morgan fingerprint density at radius 3 is 2.76 bits per heavy atom. The van der Waals surface area contributed by atoms with Crippen molar-refractivity contribution in [2.45, 2.75) is 65.3 Å². The van der Waals surface area contributed by atoms with Gasteiger partial charge >= 0.3 is 0 Å². The summed E-state index contributed by atoms with van der Waals surface area (Å²) in [5.41, 5.74) is 3.35. The maximum absolute atomic E-state index is 4.79. The molecule has 3 rings (SSSR count). The van der Waals surface area contributed by atoms with Crippen molar-refractivity contribution >= 4 is 5.95 Å². The van der Waals surface area contributed by atoms with E-state index in [4.69, 9.17) is 4.98 Å². The molecule has 1 atom stereocenters. The Kier molecular flexibility index (Phi) is 5.71. The minimum absolute atomic E-state index is 0.500. The van der Waals surface area contributed by atoms with Crippen LogP contribution in [0.1, 0.15) is 58.6 Å². The van der Waals surface area contributed by atoms with Crippen molar-refractivity contribution in [1.29, 1.82) is 0 Å². The first-order valence-electron chi connectivity index (χ1n) is 9.67. The van der Waals surface area contributed by atoms with Crippen molar-refractivity contribution in [3.05, 3.63) is 24.2 Å². The van der Waals surface area contributed by atoms with Crippen LogP contribution in [0.5, 0.6) is 0 Å². The molecule has 2 heterocycles. The van der Waals surface area contributed by atoms with Gasteiger partial charge in [0.05, 0.1) is 11.9 Å². The third-order valence-electron chi connectivity index (χ3n) is 5.58. The van der Waals surface area contributed by atoms with Crippen molar-refractivity contribution in [2.24, 2.45) is 18.9 Å². The number of nitrogens with one attached hydrogen (secondary N) is 1. The third kappa shape index (κ3) is 4.39. The molecule has 0 saturated heterocycles. The molecule has 1 unspecified atom stereocenters. The lowest BCUT2D eigenvalue weighted by Crippen LogP contribution is -2.26. The van der Waals surface area contributed by atoms with E-state index in [0.29, 0.717) is 12.0 Å². The molecule has 1 N–H and O–H groups in total. The van der Waals surface area contributed by atoms with E-state index in [1.807, 2.05) is 30.2 Å². The lowest BCUT2D eigenvalue weighted by molar-refractivity contribution is 0.360. The number of hydrogen-bond donors (Lipinski definition) is 1. The summed E-state index contributed by atoms with van der Waals surface area (Å²) in [6.45, 7) is 6.86. The Bertz CT molecular complexity index is 685. The van der Waals surface area contributed by atoms with Crippen molar-refractivity contribution in [3.63, 3.8) is 0 Å². The molecule has 5 heteroatoms. The maximum atomic E-state index is 4.79. The number of hydrogen-bond acceptors (Lipinski definition) is 4. The van der Waals surface area contributed by atoms with Crippen LogP contribution in [-0.4, -0.2) is 25.8 Å². The van der Waals surface area contributed by atoms with Gasteiger partial charge in [0.1, 0.15) is 0 Å². The van der Waals surface area contributed by atoms with Gasteiger partial charge in [-0.2, -0.15) is 5.10 Å². The molecule has 0 spiro atoms. The first-order chi connectivity index (χ1) is 12.1. The molecule has 0 amide bonds. The molecule has 1 aliphatic rings. The molecule has 25 heavy (non-hydrogen) atoms. The van der Waals surface area contributed by atoms with Crippen LogP contribution in [-0.2, 0) is 13.5 Å². The second kappa shape index (κ2) is 7.98. The normalized spacial score (nSPS) is 21.9. The summed E-state index contributed by atoms with van der Waals surface area (Å²) in [5.74, 6) is 2.23. The van der Waals surface area contributed by atoms with Gasteiger partial charge in [-0.05, 0) is 50.0 Å². The van der Waals surface area contributed by atoms with Crippen LogP contribution < -0.4 is 5.32 Å². The molecule has 1 aliphatic carbocycles. The topological polar surface area (TPSA) is 55.6 Å². The molecule has 1 fully saturated rings. The lowest BCUT2D eigenvalue weighted by Gasteiger charge is -2.26. The summed E-state index contributed by atoms with van der Waals surface area (Å²) in [4.78, 5) is 9.23. The molecule has 2 aromatic rings. The monoisotopic (exact) mass is 341 g/mol. The van der Waals surface area contributed by atoms with Gasteiger partial charge in [0.2, 0.25) is 5.95 Å². The first-order valence-corrected chi connectivity index (χ1v) is 9.67. The van der Waals surface area contributed by atoms with E-state index in [0.717, 1.165) is 29.5 Å². The molecule has 136 valence electrons. The van der Waals surface area contributed by atoms with Gasteiger partial charge in [-0.15, -0.1) is 0 Å². The first kappa shape index (κ1) is 17.9. The Morgan fingerprint density at radius 1 is 1.28 bits per heavy atom. The highest BCUT2D eigenvalue weighted by Gasteiger charge is 2.19. The van der Waals surface area contributed by atoms with Crippen LogP contribution in [0.4, 0.5) is 5.95 Å². The van der Waals surface area contributed by atoms with Crippen molar-refractivity contribution in [3.8, 4) is 11.3 Å². The van der Waals surface area contributed by atoms with E-state index in [9.17, 15) is 0 Å².